The number of methoxy groups -OCH3 is 1. The number of aryl methyl sites for hydroxylation is 1. The molecule has 0 fully saturated rings. The molecular weight excluding hydrogens is 442 g/mol. The second-order valence-electron chi connectivity index (χ2n) is 7.74. The van der Waals surface area contributed by atoms with E-state index in [0.29, 0.717) is 22.5 Å². The number of fused-ring (bicyclic) bond motifs is 1. The van der Waals surface area contributed by atoms with Crippen molar-refractivity contribution in [2.24, 2.45) is 0 Å². The number of nitro groups is 1. The quantitative estimate of drug-likeness (QED) is 0.181. The lowest BCUT2D eigenvalue weighted by Crippen LogP contribution is -2.35. The van der Waals surface area contributed by atoms with Crippen LogP contribution in [0.3, 0.4) is 0 Å². The molecule has 10 nitrogen and oxygen atoms in total. The van der Waals surface area contributed by atoms with E-state index in [0.717, 1.165) is 16.7 Å². The van der Waals surface area contributed by atoms with Crippen LogP contribution >= 0.6 is 0 Å². The van der Waals surface area contributed by atoms with E-state index in [1.165, 1.54) is 19.2 Å². The first kappa shape index (κ1) is 22.6. The van der Waals surface area contributed by atoms with Crippen molar-refractivity contribution in [1.29, 1.82) is 0 Å². The Balaban J connectivity index is 1.62. The van der Waals surface area contributed by atoms with Crippen molar-refractivity contribution < 1.29 is 28.8 Å². The fraction of sp³-hybridized carbons (Fsp3) is 0.167. The molecule has 0 bridgehead atoms. The highest BCUT2D eigenvalue weighted by molar-refractivity contribution is 6.24. The van der Waals surface area contributed by atoms with Crippen molar-refractivity contribution in [2.75, 3.05) is 13.7 Å². The average Bonchev–Trinajstić information content (AvgIpc) is 3.26. The van der Waals surface area contributed by atoms with E-state index in [1.54, 1.807) is 44.2 Å². The largest absolute Gasteiger partial charge is 0.465 e. The molecule has 34 heavy (non-hydrogen) atoms. The Bertz CT molecular complexity index is 1390. The molecule has 0 radical (unpaired) electrons. The highest BCUT2D eigenvalue weighted by Gasteiger charge is 2.42. The lowest BCUT2D eigenvalue weighted by atomic mass is 10.1. The number of rotatable bonds is 6. The summed E-state index contributed by atoms with van der Waals surface area (Å²) < 4.78 is 6.51. The van der Waals surface area contributed by atoms with Crippen molar-refractivity contribution in [2.45, 2.75) is 13.8 Å². The number of hydrogen-bond donors (Lipinski definition) is 0. The summed E-state index contributed by atoms with van der Waals surface area (Å²) in [6, 6.07) is 12.1. The van der Waals surface area contributed by atoms with Gasteiger partial charge in [-0.1, -0.05) is 6.07 Å². The van der Waals surface area contributed by atoms with Crippen molar-refractivity contribution in [3.8, 4) is 5.69 Å². The highest BCUT2D eigenvalue weighted by atomic mass is 16.6. The molecule has 2 aromatic carbocycles. The minimum Gasteiger partial charge on any atom is -0.465 e. The molecule has 2 heterocycles. The lowest BCUT2D eigenvalue weighted by molar-refractivity contribution is -0.385. The van der Waals surface area contributed by atoms with Gasteiger partial charge in [0.2, 0.25) is 0 Å². The molecule has 10 heteroatoms. The number of aromatic nitrogens is 1. The molecule has 172 valence electrons. The van der Waals surface area contributed by atoms with Gasteiger partial charge < -0.3 is 9.30 Å². The zero-order valence-corrected chi connectivity index (χ0v) is 18.5. The van der Waals surface area contributed by atoms with Crippen LogP contribution in [0, 0.1) is 24.0 Å². The topological polar surface area (TPSA) is 129 Å². The number of ketones is 1. The second kappa shape index (κ2) is 8.39. The summed E-state index contributed by atoms with van der Waals surface area (Å²) in [4.78, 5) is 61.6. The maximum absolute atomic E-state index is 13.1. The van der Waals surface area contributed by atoms with Crippen LogP contribution in [-0.2, 0) is 4.74 Å². The fourth-order valence-corrected chi connectivity index (χ4v) is 4.15. The molecule has 2 amide bonds. The molecular formula is C24H19N3O7. The Hall–Kier alpha value is -4.60. The van der Waals surface area contributed by atoms with Gasteiger partial charge >= 0.3 is 5.97 Å². The predicted octanol–water partition coefficient (Wildman–Crippen LogP) is 3.27. The summed E-state index contributed by atoms with van der Waals surface area (Å²) in [7, 11) is 1.29. The molecule has 0 N–H and O–H groups in total. The van der Waals surface area contributed by atoms with Crippen LogP contribution < -0.4 is 0 Å². The second-order valence-corrected chi connectivity index (χ2v) is 7.74. The van der Waals surface area contributed by atoms with Gasteiger partial charge in [-0.15, -0.1) is 0 Å². The van der Waals surface area contributed by atoms with Gasteiger partial charge in [0.15, 0.2) is 5.78 Å². The third-order valence-electron chi connectivity index (χ3n) is 5.75. The first-order valence-electron chi connectivity index (χ1n) is 10.2. The molecule has 0 saturated carbocycles. The highest BCUT2D eigenvalue weighted by Crippen LogP contribution is 2.31. The summed E-state index contributed by atoms with van der Waals surface area (Å²) >= 11 is 0. The van der Waals surface area contributed by atoms with Crippen LogP contribution in [0.1, 0.15) is 52.8 Å². The van der Waals surface area contributed by atoms with Crippen LogP contribution in [0.2, 0.25) is 0 Å². The fourth-order valence-electron chi connectivity index (χ4n) is 4.15. The lowest BCUT2D eigenvalue weighted by Gasteiger charge is -2.13. The maximum atomic E-state index is 13.1. The van der Waals surface area contributed by atoms with E-state index in [4.69, 9.17) is 4.74 Å². The van der Waals surface area contributed by atoms with Gasteiger partial charge in [0, 0.05) is 28.7 Å². The van der Waals surface area contributed by atoms with E-state index in [1.807, 2.05) is 4.57 Å². The molecule has 0 aliphatic carbocycles. The van der Waals surface area contributed by atoms with Gasteiger partial charge in [0.1, 0.15) is 5.56 Å². The normalized spacial score (nSPS) is 12.6. The smallest absolute Gasteiger partial charge is 0.337 e. The minimum absolute atomic E-state index is 0.0943. The van der Waals surface area contributed by atoms with Gasteiger partial charge in [-0.25, -0.2) is 4.79 Å². The van der Waals surface area contributed by atoms with E-state index in [2.05, 4.69) is 0 Å². The summed E-state index contributed by atoms with van der Waals surface area (Å²) in [5.41, 5.74) is 1.83. The minimum atomic E-state index is -0.868. The number of carbonyl (C=O) groups is 4. The third kappa shape index (κ3) is 3.54. The van der Waals surface area contributed by atoms with Crippen molar-refractivity contribution in [3.05, 3.63) is 92.3 Å². The van der Waals surface area contributed by atoms with Crippen molar-refractivity contribution in [3.63, 3.8) is 0 Å². The number of benzene rings is 2. The Morgan fingerprint density at radius 1 is 1.03 bits per heavy atom. The molecule has 4 rings (SSSR count). The number of esters is 1. The van der Waals surface area contributed by atoms with Crippen LogP contribution in [0.15, 0.2) is 48.5 Å². The number of nitrogens with zero attached hydrogens (tertiary/aromatic N) is 3. The van der Waals surface area contributed by atoms with E-state index < -0.39 is 40.7 Å². The SMILES string of the molecule is COC(=O)c1ccc(-n2c(C)cc(C(=O)CN3C(=O)c4cccc([N+](=O)[O-])c4C3=O)c2C)cc1. The third-order valence-corrected chi connectivity index (χ3v) is 5.75. The van der Waals surface area contributed by atoms with Gasteiger partial charge in [-0.05, 0) is 50.2 Å². The average molecular weight is 461 g/mol. The number of hydrogen-bond acceptors (Lipinski definition) is 7. The maximum Gasteiger partial charge on any atom is 0.337 e. The van der Waals surface area contributed by atoms with Gasteiger partial charge in [-0.3, -0.25) is 29.4 Å². The first-order chi connectivity index (χ1) is 16.1. The standard InChI is InChI=1S/C24H19N3O7/c1-13-11-18(14(2)26(13)16-9-7-15(8-10-16)24(31)34-3)20(28)12-25-22(29)17-5-4-6-19(27(32)33)21(17)23(25)30/h4-11H,12H2,1-3H3. The summed E-state index contributed by atoms with van der Waals surface area (Å²) in [6.07, 6.45) is 0. The van der Waals surface area contributed by atoms with Crippen LogP contribution in [-0.4, -0.2) is 51.6 Å². The molecule has 0 spiro atoms. The van der Waals surface area contributed by atoms with Crippen molar-refractivity contribution in [1.82, 2.24) is 9.47 Å². The van der Waals surface area contributed by atoms with Gasteiger partial charge in [0.25, 0.3) is 17.5 Å². The number of ether oxygens (including phenoxy) is 1. The van der Waals surface area contributed by atoms with Crippen LogP contribution in [0.5, 0.6) is 0 Å². The number of nitro benzene ring substituents is 1. The number of amides is 2. The predicted molar refractivity (Wildman–Crippen MR) is 119 cm³/mol. The van der Waals surface area contributed by atoms with E-state index in [-0.39, 0.29) is 11.1 Å². The van der Waals surface area contributed by atoms with Crippen molar-refractivity contribution >= 4 is 29.3 Å². The van der Waals surface area contributed by atoms with Gasteiger partial charge in [-0.2, -0.15) is 0 Å². The Morgan fingerprint density at radius 2 is 1.71 bits per heavy atom. The molecule has 3 aromatic rings. The summed E-state index contributed by atoms with van der Waals surface area (Å²) in [5.74, 6) is -2.57. The monoisotopic (exact) mass is 461 g/mol. The van der Waals surface area contributed by atoms with Gasteiger partial charge in [0.05, 0.1) is 29.7 Å². The summed E-state index contributed by atoms with van der Waals surface area (Å²) in [6.45, 7) is 2.97. The zero-order chi connectivity index (χ0) is 24.7. The van der Waals surface area contributed by atoms with E-state index >= 15 is 0 Å². The zero-order valence-electron chi connectivity index (χ0n) is 18.5. The number of Topliss-reactive ketones (excluding diaryl/α,β-unsaturated/α-hetero) is 1. The number of carbonyl (C=O) groups excluding carboxylic acids is 4. The first-order valence-corrected chi connectivity index (χ1v) is 10.2. The molecule has 0 unspecified atom stereocenters. The summed E-state index contributed by atoms with van der Waals surface area (Å²) in [5, 5.41) is 11.3. The van der Waals surface area contributed by atoms with Crippen LogP contribution in [0.4, 0.5) is 5.69 Å². The molecule has 1 aliphatic rings. The Kier molecular flexibility index (Phi) is 5.58. The molecule has 0 saturated heterocycles. The van der Waals surface area contributed by atoms with E-state index in [9.17, 15) is 29.3 Å². The molecule has 1 aromatic heterocycles. The van der Waals surface area contributed by atoms with Crippen LogP contribution in [0.25, 0.3) is 5.69 Å². The Morgan fingerprint density at radius 3 is 2.32 bits per heavy atom. The molecule has 1 aliphatic heterocycles. The number of imide groups is 1. The Labute approximate surface area is 193 Å². The molecule has 0 atom stereocenters.